The van der Waals surface area contributed by atoms with E-state index in [4.69, 9.17) is 22.1 Å². The Morgan fingerprint density at radius 2 is 2.00 bits per heavy atom. The largest absolute Gasteiger partial charge is 0.495 e. The zero-order chi connectivity index (χ0) is 19.4. The first kappa shape index (κ1) is 18.5. The normalized spacial score (nSPS) is 19.2. The molecule has 2 N–H and O–H groups in total. The summed E-state index contributed by atoms with van der Waals surface area (Å²) in [5.74, 6) is -0.192. The van der Waals surface area contributed by atoms with Gasteiger partial charge in [0.05, 0.1) is 35.2 Å². The molecule has 0 aliphatic carbocycles. The average molecular weight is 378 g/mol. The van der Waals surface area contributed by atoms with Crippen LogP contribution < -0.4 is 15.5 Å². The number of rotatable bonds is 4. The summed E-state index contributed by atoms with van der Waals surface area (Å²) in [6.45, 7) is 0. The molecule has 1 heterocycles. The van der Waals surface area contributed by atoms with Crippen LogP contribution in [0.1, 0.15) is 5.56 Å². The number of hydrazone groups is 1. The van der Waals surface area contributed by atoms with Gasteiger partial charge in [0.2, 0.25) is 0 Å². The highest BCUT2D eigenvalue weighted by atomic mass is 35.5. The van der Waals surface area contributed by atoms with Gasteiger partial charge in [0, 0.05) is 0 Å². The molecule has 0 radical (unpaired) electrons. The lowest BCUT2D eigenvalue weighted by Crippen LogP contribution is -2.40. The highest BCUT2D eigenvalue weighted by Gasteiger charge is 2.37. The zero-order valence-electron chi connectivity index (χ0n) is 14.5. The minimum Gasteiger partial charge on any atom is -0.495 e. The van der Waals surface area contributed by atoms with Gasteiger partial charge in [-0.3, -0.25) is 0 Å². The first-order valence-corrected chi connectivity index (χ1v) is 8.50. The van der Waals surface area contributed by atoms with Gasteiger partial charge in [-0.25, -0.2) is 5.01 Å². The Kier molecular flexibility index (Phi) is 5.42. The Balaban J connectivity index is 2.02. The molecule has 7 heteroatoms. The Labute approximate surface area is 162 Å². The Bertz CT molecular complexity index is 988. The van der Waals surface area contributed by atoms with E-state index in [1.165, 1.54) is 7.11 Å². The standard InChI is InChI=1S/C20H16ClN5O/c1-27-18-8-7-13(10-17(18)21)9-14(11-22)19-16(12-23)20(24)26(25-19)15-5-3-2-4-6-15/h2-10,16,20H,24H2,1H3/b14-9+/t16-,20+/m0/s1. The molecule has 134 valence electrons. The van der Waals surface area contributed by atoms with Gasteiger partial charge in [-0.1, -0.05) is 35.9 Å². The summed E-state index contributed by atoms with van der Waals surface area (Å²) in [6, 6.07) is 18.7. The minimum absolute atomic E-state index is 0.261. The number of nitriles is 2. The van der Waals surface area contributed by atoms with Crippen molar-refractivity contribution in [1.82, 2.24) is 0 Å². The SMILES string of the molecule is COc1ccc(/C=C(\C#N)C2=NN(c3ccccc3)[C@@H](N)[C@H]2C#N)cc1Cl. The molecule has 6 nitrogen and oxygen atoms in total. The molecule has 0 unspecified atom stereocenters. The number of hydrogen-bond donors (Lipinski definition) is 1. The van der Waals surface area contributed by atoms with Crippen LogP contribution in [0.25, 0.3) is 6.08 Å². The van der Waals surface area contributed by atoms with Crippen LogP contribution in [0, 0.1) is 28.6 Å². The van der Waals surface area contributed by atoms with E-state index in [2.05, 4.69) is 17.2 Å². The lowest BCUT2D eigenvalue weighted by atomic mass is 9.95. The van der Waals surface area contributed by atoms with Gasteiger partial charge in [0.15, 0.2) is 0 Å². The van der Waals surface area contributed by atoms with Crippen molar-refractivity contribution in [2.75, 3.05) is 12.1 Å². The summed E-state index contributed by atoms with van der Waals surface area (Å²) in [7, 11) is 1.53. The molecule has 0 amide bonds. The maximum Gasteiger partial charge on any atom is 0.137 e. The van der Waals surface area contributed by atoms with Crippen molar-refractivity contribution in [2.24, 2.45) is 16.8 Å². The van der Waals surface area contributed by atoms with Gasteiger partial charge in [-0.15, -0.1) is 0 Å². The van der Waals surface area contributed by atoms with Crippen molar-refractivity contribution in [3.8, 4) is 17.9 Å². The number of hydrogen-bond acceptors (Lipinski definition) is 6. The van der Waals surface area contributed by atoms with Crippen LogP contribution in [-0.4, -0.2) is 19.0 Å². The second-order valence-corrected chi connectivity index (χ2v) is 6.23. The predicted molar refractivity (Wildman–Crippen MR) is 105 cm³/mol. The molecule has 2 atom stereocenters. The van der Waals surface area contributed by atoms with Crippen LogP contribution in [-0.2, 0) is 0 Å². The summed E-state index contributed by atoms with van der Waals surface area (Å²) in [5, 5.41) is 25.7. The first-order valence-electron chi connectivity index (χ1n) is 8.12. The predicted octanol–water partition coefficient (Wildman–Crippen LogP) is 3.56. The Hall–Kier alpha value is -3.32. The van der Waals surface area contributed by atoms with Crippen LogP contribution in [0.15, 0.2) is 59.2 Å². The van der Waals surface area contributed by atoms with Crippen LogP contribution in [0.3, 0.4) is 0 Å². The van der Waals surface area contributed by atoms with E-state index < -0.39 is 12.1 Å². The summed E-state index contributed by atoms with van der Waals surface area (Å²) in [6.07, 6.45) is 0.957. The van der Waals surface area contributed by atoms with E-state index in [1.807, 2.05) is 30.3 Å². The summed E-state index contributed by atoms with van der Waals surface area (Å²) in [5.41, 5.74) is 8.27. The number of nitrogens with two attached hydrogens (primary N) is 1. The first-order chi connectivity index (χ1) is 13.1. The van der Waals surface area contributed by atoms with Crippen LogP contribution >= 0.6 is 11.6 Å². The fourth-order valence-electron chi connectivity index (χ4n) is 2.82. The van der Waals surface area contributed by atoms with E-state index >= 15 is 0 Å². The number of benzene rings is 2. The van der Waals surface area contributed by atoms with Crippen molar-refractivity contribution in [3.63, 3.8) is 0 Å². The monoisotopic (exact) mass is 377 g/mol. The molecule has 27 heavy (non-hydrogen) atoms. The minimum atomic E-state index is -0.732. The van der Waals surface area contributed by atoms with E-state index in [9.17, 15) is 10.5 Å². The molecular formula is C20H16ClN5O. The maximum absolute atomic E-state index is 9.65. The van der Waals surface area contributed by atoms with Gasteiger partial charge in [-0.2, -0.15) is 15.6 Å². The molecule has 0 fully saturated rings. The van der Waals surface area contributed by atoms with Gasteiger partial charge < -0.3 is 10.5 Å². The quantitative estimate of drug-likeness (QED) is 0.821. The van der Waals surface area contributed by atoms with E-state index in [0.717, 1.165) is 5.69 Å². The fraction of sp³-hybridized carbons (Fsp3) is 0.150. The number of allylic oxidation sites excluding steroid dienone is 1. The molecule has 0 saturated heterocycles. The highest BCUT2D eigenvalue weighted by molar-refractivity contribution is 6.32. The molecule has 2 aromatic rings. The third-order valence-corrected chi connectivity index (χ3v) is 4.47. The third kappa shape index (κ3) is 3.63. The molecular weight excluding hydrogens is 362 g/mol. The van der Waals surface area contributed by atoms with E-state index in [0.29, 0.717) is 22.0 Å². The van der Waals surface area contributed by atoms with Crippen LogP contribution in [0.5, 0.6) is 5.75 Å². The molecule has 0 spiro atoms. The lowest BCUT2D eigenvalue weighted by molar-refractivity contribution is 0.415. The Morgan fingerprint density at radius 1 is 1.26 bits per heavy atom. The van der Waals surface area contributed by atoms with E-state index in [1.54, 1.807) is 29.3 Å². The van der Waals surface area contributed by atoms with Gasteiger partial charge in [0.25, 0.3) is 0 Å². The van der Waals surface area contributed by atoms with E-state index in [-0.39, 0.29) is 5.57 Å². The summed E-state index contributed by atoms with van der Waals surface area (Å²) >= 11 is 6.15. The molecule has 0 aromatic heterocycles. The zero-order valence-corrected chi connectivity index (χ0v) is 15.3. The third-order valence-electron chi connectivity index (χ3n) is 4.18. The lowest BCUT2D eigenvalue weighted by Gasteiger charge is -2.21. The topological polar surface area (TPSA) is 98.4 Å². The van der Waals surface area contributed by atoms with Crippen molar-refractivity contribution in [2.45, 2.75) is 6.17 Å². The number of para-hydroxylation sites is 1. The smallest absolute Gasteiger partial charge is 0.137 e. The second-order valence-electron chi connectivity index (χ2n) is 5.83. The molecule has 0 saturated carbocycles. The number of anilines is 1. The molecule has 0 bridgehead atoms. The van der Waals surface area contributed by atoms with Crippen LogP contribution in [0.4, 0.5) is 5.69 Å². The summed E-state index contributed by atoms with van der Waals surface area (Å²) in [4.78, 5) is 0. The van der Waals surface area contributed by atoms with Crippen molar-refractivity contribution >= 4 is 29.1 Å². The number of halogens is 1. The van der Waals surface area contributed by atoms with Crippen molar-refractivity contribution in [1.29, 1.82) is 10.5 Å². The van der Waals surface area contributed by atoms with Crippen molar-refractivity contribution in [3.05, 3.63) is 64.7 Å². The number of methoxy groups -OCH3 is 1. The second kappa shape index (κ2) is 7.92. The summed E-state index contributed by atoms with van der Waals surface area (Å²) < 4.78 is 5.14. The molecule has 3 rings (SSSR count). The molecule has 2 aromatic carbocycles. The average Bonchev–Trinajstić information content (AvgIpc) is 3.03. The van der Waals surface area contributed by atoms with Gasteiger partial charge in [0.1, 0.15) is 23.9 Å². The molecule has 1 aliphatic heterocycles. The number of nitrogens with zero attached hydrogens (tertiary/aromatic N) is 4. The van der Waals surface area contributed by atoms with Gasteiger partial charge >= 0.3 is 0 Å². The molecule has 1 aliphatic rings. The number of ether oxygens (including phenoxy) is 1. The highest BCUT2D eigenvalue weighted by Crippen LogP contribution is 2.30. The maximum atomic E-state index is 9.65. The van der Waals surface area contributed by atoms with Crippen molar-refractivity contribution < 1.29 is 4.74 Å². The van der Waals surface area contributed by atoms with Gasteiger partial charge in [-0.05, 0) is 35.9 Å². The Morgan fingerprint density at radius 3 is 2.59 bits per heavy atom. The fourth-order valence-corrected chi connectivity index (χ4v) is 3.09. The van der Waals surface area contributed by atoms with Crippen LogP contribution in [0.2, 0.25) is 5.02 Å².